The van der Waals surface area contributed by atoms with E-state index in [1.54, 1.807) is 0 Å². The summed E-state index contributed by atoms with van der Waals surface area (Å²) in [7, 11) is 0. The van der Waals surface area contributed by atoms with Crippen molar-refractivity contribution in [3.63, 3.8) is 0 Å². The van der Waals surface area contributed by atoms with Gasteiger partial charge in [-0.15, -0.1) is 0 Å². The van der Waals surface area contributed by atoms with Crippen molar-refractivity contribution >= 4 is 15.9 Å². The zero-order valence-corrected chi connectivity index (χ0v) is 11.5. The van der Waals surface area contributed by atoms with Gasteiger partial charge in [0.1, 0.15) is 5.75 Å². The van der Waals surface area contributed by atoms with Gasteiger partial charge in [0.15, 0.2) is 0 Å². The minimum Gasteiger partial charge on any atom is -0.493 e. The van der Waals surface area contributed by atoms with Gasteiger partial charge in [0, 0.05) is 16.1 Å². The Morgan fingerprint density at radius 2 is 2.18 bits per heavy atom. The highest BCUT2D eigenvalue weighted by Crippen LogP contribution is 2.35. The fourth-order valence-corrected chi connectivity index (χ4v) is 2.73. The molecule has 2 aliphatic rings. The third kappa shape index (κ3) is 2.83. The predicted molar refractivity (Wildman–Crippen MR) is 72.3 cm³/mol. The Hall–Kier alpha value is -0.540. The SMILES string of the molecule is Brc1ccc2c(c1)OCCCC2NCC1CC1. The first-order valence-electron chi connectivity index (χ1n) is 6.48. The Labute approximate surface area is 111 Å². The molecular formula is C14H18BrNO. The van der Waals surface area contributed by atoms with Crippen LogP contribution in [0.25, 0.3) is 0 Å². The molecule has 0 bridgehead atoms. The van der Waals surface area contributed by atoms with Gasteiger partial charge in [-0.1, -0.05) is 22.0 Å². The molecule has 3 heteroatoms. The second-order valence-corrected chi connectivity index (χ2v) is 5.99. The Balaban J connectivity index is 1.78. The van der Waals surface area contributed by atoms with Crippen LogP contribution in [0, 0.1) is 5.92 Å². The molecule has 1 aromatic carbocycles. The number of ether oxygens (including phenoxy) is 1. The van der Waals surface area contributed by atoms with E-state index in [4.69, 9.17) is 4.74 Å². The van der Waals surface area contributed by atoms with E-state index >= 15 is 0 Å². The molecule has 92 valence electrons. The Bertz CT molecular complexity index is 403. The van der Waals surface area contributed by atoms with Gasteiger partial charge in [-0.2, -0.15) is 0 Å². The molecule has 1 unspecified atom stereocenters. The number of rotatable bonds is 3. The standard InChI is InChI=1S/C14H18BrNO/c15-11-5-6-12-13(16-9-10-3-4-10)2-1-7-17-14(12)8-11/h5-6,8,10,13,16H,1-4,7,9H2. The molecule has 1 aliphatic carbocycles. The third-order valence-corrected chi connectivity index (χ3v) is 4.09. The van der Waals surface area contributed by atoms with E-state index in [1.807, 2.05) is 0 Å². The monoisotopic (exact) mass is 295 g/mol. The first-order valence-corrected chi connectivity index (χ1v) is 7.28. The lowest BCUT2D eigenvalue weighted by Gasteiger charge is -2.18. The fourth-order valence-electron chi connectivity index (χ4n) is 2.39. The summed E-state index contributed by atoms with van der Waals surface area (Å²) in [6, 6.07) is 6.86. The maximum Gasteiger partial charge on any atom is 0.125 e. The fraction of sp³-hybridized carbons (Fsp3) is 0.571. The summed E-state index contributed by atoms with van der Waals surface area (Å²) in [5.74, 6) is 1.98. The number of hydrogen-bond acceptors (Lipinski definition) is 2. The van der Waals surface area contributed by atoms with Crippen LogP contribution in [0.5, 0.6) is 5.75 Å². The quantitative estimate of drug-likeness (QED) is 0.919. The average Bonchev–Trinajstić information content (AvgIpc) is 3.12. The lowest BCUT2D eigenvalue weighted by Crippen LogP contribution is -2.23. The average molecular weight is 296 g/mol. The zero-order chi connectivity index (χ0) is 11.7. The molecule has 1 saturated carbocycles. The van der Waals surface area contributed by atoms with Gasteiger partial charge in [-0.3, -0.25) is 0 Å². The van der Waals surface area contributed by atoms with E-state index in [0.29, 0.717) is 6.04 Å². The molecule has 0 amide bonds. The summed E-state index contributed by atoms with van der Waals surface area (Å²) >= 11 is 3.51. The Morgan fingerprint density at radius 3 is 3.00 bits per heavy atom. The molecule has 1 N–H and O–H groups in total. The molecule has 0 radical (unpaired) electrons. The van der Waals surface area contributed by atoms with Crippen molar-refractivity contribution < 1.29 is 4.74 Å². The lowest BCUT2D eigenvalue weighted by atomic mass is 10.0. The molecule has 1 aromatic rings. The smallest absolute Gasteiger partial charge is 0.125 e. The van der Waals surface area contributed by atoms with Gasteiger partial charge in [0.25, 0.3) is 0 Å². The molecule has 1 fully saturated rings. The van der Waals surface area contributed by atoms with Crippen LogP contribution in [-0.4, -0.2) is 13.2 Å². The Kier molecular flexibility index (Phi) is 3.39. The van der Waals surface area contributed by atoms with E-state index in [0.717, 1.165) is 29.2 Å². The van der Waals surface area contributed by atoms with Crippen LogP contribution in [0.2, 0.25) is 0 Å². The number of hydrogen-bond donors (Lipinski definition) is 1. The van der Waals surface area contributed by atoms with Crippen molar-refractivity contribution in [2.75, 3.05) is 13.2 Å². The van der Waals surface area contributed by atoms with Crippen LogP contribution in [-0.2, 0) is 0 Å². The second-order valence-electron chi connectivity index (χ2n) is 5.08. The number of fused-ring (bicyclic) bond motifs is 1. The van der Waals surface area contributed by atoms with Crippen LogP contribution in [0.3, 0.4) is 0 Å². The van der Waals surface area contributed by atoms with Crippen molar-refractivity contribution in [1.82, 2.24) is 5.32 Å². The first-order chi connectivity index (χ1) is 8.33. The second kappa shape index (κ2) is 4.99. The number of nitrogens with one attached hydrogen (secondary N) is 1. The maximum atomic E-state index is 5.81. The third-order valence-electron chi connectivity index (χ3n) is 3.60. The van der Waals surface area contributed by atoms with E-state index < -0.39 is 0 Å². The summed E-state index contributed by atoms with van der Waals surface area (Å²) in [4.78, 5) is 0. The van der Waals surface area contributed by atoms with Crippen LogP contribution >= 0.6 is 15.9 Å². The van der Waals surface area contributed by atoms with Crippen LogP contribution in [0.15, 0.2) is 22.7 Å². The maximum absolute atomic E-state index is 5.81. The van der Waals surface area contributed by atoms with Gasteiger partial charge in [-0.05, 0) is 50.3 Å². The van der Waals surface area contributed by atoms with Crippen molar-refractivity contribution in [3.05, 3.63) is 28.2 Å². The van der Waals surface area contributed by atoms with Crippen molar-refractivity contribution in [1.29, 1.82) is 0 Å². The number of benzene rings is 1. The molecule has 1 aliphatic heterocycles. The van der Waals surface area contributed by atoms with Gasteiger partial charge in [-0.25, -0.2) is 0 Å². The van der Waals surface area contributed by atoms with E-state index in [1.165, 1.54) is 31.4 Å². The predicted octanol–water partition coefficient (Wildman–Crippen LogP) is 3.66. The van der Waals surface area contributed by atoms with Gasteiger partial charge in [0.05, 0.1) is 6.61 Å². The molecule has 1 heterocycles. The summed E-state index contributed by atoms with van der Waals surface area (Å²) in [6.45, 7) is 2.01. The minimum absolute atomic E-state index is 0.473. The molecule has 3 rings (SSSR count). The van der Waals surface area contributed by atoms with Gasteiger partial charge < -0.3 is 10.1 Å². The minimum atomic E-state index is 0.473. The van der Waals surface area contributed by atoms with E-state index in [2.05, 4.69) is 39.4 Å². The van der Waals surface area contributed by atoms with E-state index in [9.17, 15) is 0 Å². The number of halogens is 1. The van der Waals surface area contributed by atoms with Gasteiger partial charge in [0.2, 0.25) is 0 Å². The molecule has 2 nitrogen and oxygen atoms in total. The van der Waals surface area contributed by atoms with Crippen molar-refractivity contribution in [3.8, 4) is 5.75 Å². The lowest BCUT2D eigenvalue weighted by molar-refractivity contribution is 0.315. The largest absolute Gasteiger partial charge is 0.493 e. The van der Waals surface area contributed by atoms with Crippen LogP contribution in [0.4, 0.5) is 0 Å². The normalized spacial score (nSPS) is 23.7. The summed E-state index contributed by atoms with van der Waals surface area (Å²) in [6.07, 6.45) is 5.13. The molecule has 0 saturated heterocycles. The molecule has 0 spiro atoms. The van der Waals surface area contributed by atoms with Crippen molar-refractivity contribution in [2.24, 2.45) is 5.92 Å². The van der Waals surface area contributed by atoms with Crippen molar-refractivity contribution in [2.45, 2.75) is 31.7 Å². The molecule has 17 heavy (non-hydrogen) atoms. The van der Waals surface area contributed by atoms with Crippen LogP contribution in [0.1, 0.15) is 37.3 Å². The first kappa shape index (κ1) is 11.5. The summed E-state index contributed by atoms with van der Waals surface area (Å²) < 4.78 is 6.91. The Morgan fingerprint density at radius 1 is 1.29 bits per heavy atom. The highest BCUT2D eigenvalue weighted by molar-refractivity contribution is 9.10. The van der Waals surface area contributed by atoms with Gasteiger partial charge >= 0.3 is 0 Å². The zero-order valence-electron chi connectivity index (χ0n) is 9.92. The summed E-state index contributed by atoms with van der Waals surface area (Å²) in [5.41, 5.74) is 1.33. The molecule has 0 aromatic heterocycles. The highest BCUT2D eigenvalue weighted by Gasteiger charge is 2.24. The van der Waals surface area contributed by atoms with E-state index in [-0.39, 0.29) is 0 Å². The summed E-state index contributed by atoms with van der Waals surface area (Å²) in [5, 5.41) is 3.70. The highest BCUT2D eigenvalue weighted by atomic mass is 79.9. The molecule has 1 atom stereocenters. The topological polar surface area (TPSA) is 21.3 Å². The molecular weight excluding hydrogens is 278 g/mol. The van der Waals surface area contributed by atoms with Crippen LogP contribution < -0.4 is 10.1 Å².